The van der Waals surface area contributed by atoms with Crippen molar-refractivity contribution in [2.75, 3.05) is 13.2 Å². The average molecular weight is 256 g/mol. The number of rotatable bonds is 3. The van der Waals surface area contributed by atoms with Crippen molar-refractivity contribution in [1.82, 2.24) is 5.32 Å². The zero-order valence-electron chi connectivity index (χ0n) is 10.1. The first-order valence-electron chi connectivity index (χ1n) is 6.16. The molecular weight excluding hydrogens is 238 g/mol. The van der Waals surface area contributed by atoms with Gasteiger partial charge in [0.15, 0.2) is 11.6 Å². The summed E-state index contributed by atoms with van der Waals surface area (Å²) in [6.07, 6.45) is 1.37. The van der Waals surface area contributed by atoms with Crippen LogP contribution in [0, 0.1) is 11.6 Å². The van der Waals surface area contributed by atoms with Crippen LogP contribution in [0.5, 0.6) is 0 Å². The molecule has 0 aliphatic carbocycles. The van der Waals surface area contributed by atoms with Crippen LogP contribution in [0.15, 0.2) is 18.2 Å². The molecule has 0 radical (unpaired) electrons. The normalized spacial score (nSPS) is 28.3. The quantitative estimate of drug-likeness (QED) is 0.759. The van der Waals surface area contributed by atoms with Crippen molar-refractivity contribution in [1.29, 1.82) is 0 Å². The second-order valence-corrected chi connectivity index (χ2v) is 4.80. The van der Waals surface area contributed by atoms with Crippen LogP contribution in [-0.2, 0) is 0 Å². The van der Waals surface area contributed by atoms with E-state index in [0.29, 0.717) is 13.0 Å². The molecule has 18 heavy (non-hydrogen) atoms. The molecule has 100 valence electrons. The molecule has 4 N–H and O–H groups in total. The first-order chi connectivity index (χ1) is 8.61. The number of halogens is 2. The average Bonchev–Trinajstić information content (AvgIpc) is 2.35. The molecule has 1 unspecified atom stereocenters. The van der Waals surface area contributed by atoms with Gasteiger partial charge in [-0.1, -0.05) is 6.07 Å². The second-order valence-electron chi connectivity index (χ2n) is 4.80. The summed E-state index contributed by atoms with van der Waals surface area (Å²) in [5.41, 5.74) is 6.74. The summed E-state index contributed by atoms with van der Waals surface area (Å²) in [7, 11) is 0. The number of piperidine rings is 1. The van der Waals surface area contributed by atoms with E-state index >= 15 is 0 Å². The van der Waals surface area contributed by atoms with Gasteiger partial charge in [0.2, 0.25) is 0 Å². The van der Waals surface area contributed by atoms with Crippen molar-refractivity contribution in [2.45, 2.75) is 30.8 Å². The van der Waals surface area contributed by atoms with Gasteiger partial charge >= 0.3 is 0 Å². The van der Waals surface area contributed by atoms with Crippen molar-refractivity contribution in [3.8, 4) is 0 Å². The standard InChI is InChI=1S/C13H18F2N2O/c14-11-2-1-8(5-12(11)15)10-6-9(3-4-18)17-7-13(10)16/h1-2,5,9-10,13,17-18H,3-4,6-7,16H2/t9?,10-,13+/m0/s1. The van der Waals surface area contributed by atoms with Gasteiger partial charge in [0.25, 0.3) is 0 Å². The molecule has 0 spiro atoms. The Hall–Kier alpha value is -1.04. The molecule has 0 saturated carbocycles. The molecule has 1 aliphatic rings. The van der Waals surface area contributed by atoms with Crippen molar-refractivity contribution >= 4 is 0 Å². The van der Waals surface area contributed by atoms with Crippen LogP contribution >= 0.6 is 0 Å². The Morgan fingerprint density at radius 2 is 2.11 bits per heavy atom. The summed E-state index contributed by atoms with van der Waals surface area (Å²) in [6, 6.07) is 4.00. The Balaban J connectivity index is 2.16. The number of hydrogen-bond acceptors (Lipinski definition) is 3. The van der Waals surface area contributed by atoms with Crippen LogP contribution in [-0.4, -0.2) is 30.3 Å². The zero-order chi connectivity index (χ0) is 13.1. The Labute approximate surface area is 105 Å². The summed E-state index contributed by atoms with van der Waals surface area (Å²) in [5, 5.41) is 12.2. The summed E-state index contributed by atoms with van der Waals surface area (Å²) < 4.78 is 26.1. The number of aliphatic hydroxyl groups is 1. The lowest BCUT2D eigenvalue weighted by Gasteiger charge is -2.35. The predicted octanol–water partition coefficient (Wildman–Crippen LogP) is 1.12. The van der Waals surface area contributed by atoms with Crippen molar-refractivity contribution < 1.29 is 13.9 Å². The molecule has 1 aromatic carbocycles. The highest BCUT2D eigenvalue weighted by molar-refractivity contribution is 5.24. The largest absolute Gasteiger partial charge is 0.396 e. The smallest absolute Gasteiger partial charge is 0.159 e. The van der Waals surface area contributed by atoms with Gasteiger partial charge in [0, 0.05) is 31.2 Å². The van der Waals surface area contributed by atoms with E-state index in [2.05, 4.69) is 5.32 Å². The summed E-state index contributed by atoms with van der Waals surface area (Å²) >= 11 is 0. The molecule has 1 heterocycles. The Morgan fingerprint density at radius 3 is 2.78 bits per heavy atom. The monoisotopic (exact) mass is 256 g/mol. The maximum atomic E-state index is 13.2. The number of nitrogens with one attached hydrogen (secondary N) is 1. The van der Waals surface area contributed by atoms with Crippen LogP contribution in [0.25, 0.3) is 0 Å². The number of aliphatic hydroxyl groups excluding tert-OH is 1. The minimum absolute atomic E-state index is 0.00194. The molecule has 1 aliphatic heterocycles. The minimum atomic E-state index is -0.840. The van der Waals surface area contributed by atoms with E-state index in [1.54, 1.807) is 6.07 Å². The lowest BCUT2D eigenvalue weighted by atomic mass is 9.82. The van der Waals surface area contributed by atoms with Crippen LogP contribution in [0.1, 0.15) is 24.3 Å². The highest BCUT2D eigenvalue weighted by Gasteiger charge is 2.29. The van der Waals surface area contributed by atoms with Gasteiger partial charge in [-0.25, -0.2) is 8.78 Å². The van der Waals surface area contributed by atoms with E-state index in [9.17, 15) is 8.78 Å². The Kier molecular flexibility index (Phi) is 4.27. The van der Waals surface area contributed by atoms with Gasteiger partial charge in [0.05, 0.1) is 0 Å². The van der Waals surface area contributed by atoms with Gasteiger partial charge in [-0.3, -0.25) is 0 Å². The van der Waals surface area contributed by atoms with E-state index in [-0.39, 0.29) is 24.6 Å². The molecule has 0 aromatic heterocycles. The Bertz CT molecular complexity index is 414. The molecule has 1 fully saturated rings. The van der Waals surface area contributed by atoms with Crippen molar-refractivity contribution in [3.63, 3.8) is 0 Å². The first kappa shape index (κ1) is 13.4. The number of hydrogen-bond donors (Lipinski definition) is 3. The fourth-order valence-corrected chi connectivity index (χ4v) is 2.51. The third kappa shape index (κ3) is 2.85. The molecule has 1 aromatic rings. The van der Waals surface area contributed by atoms with E-state index in [0.717, 1.165) is 18.1 Å². The highest BCUT2D eigenvalue weighted by Crippen LogP contribution is 2.29. The molecular formula is C13H18F2N2O. The van der Waals surface area contributed by atoms with Gasteiger partial charge in [-0.2, -0.15) is 0 Å². The predicted molar refractivity (Wildman–Crippen MR) is 65.2 cm³/mol. The number of nitrogens with two attached hydrogens (primary N) is 1. The van der Waals surface area contributed by atoms with Crippen molar-refractivity contribution in [2.24, 2.45) is 5.73 Å². The summed E-state index contributed by atoms with van der Waals surface area (Å²) in [6.45, 7) is 0.728. The van der Waals surface area contributed by atoms with Crippen LogP contribution < -0.4 is 11.1 Å². The van der Waals surface area contributed by atoms with Crippen LogP contribution in [0.3, 0.4) is 0 Å². The SMILES string of the molecule is N[C@@H]1CNC(CCO)C[C@H]1c1ccc(F)c(F)c1. The van der Waals surface area contributed by atoms with Crippen LogP contribution in [0.2, 0.25) is 0 Å². The van der Waals surface area contributed by atoms with E-state index in [1.807, 2.05) is 0 Å². The van der Waals surface area contributed by atoms with Crippen LogP contribution in [0.4, 0.5) is 8.78 Å². The third-order valence-corrected chi connectivity index (χ3v) is 3.55. The molecule has 1 saturated heterocycles. The first-order valence-corrected chi connectivity index (χ1v) is 6.16. The fraction of sp³-hybridized carbons (Fsp3) is 0.538. The third-order valence-electron chi connectivity index (χ3n) is 3.55. The fourth-order valence-electron chi connectivity index (χ4n) is 2.51. The number of benzene rings is 1. The maximum absolute atomic E-state index is 13.2. The highest BCUT2D eigenvalue weighted by atomic mass is 19.2. The summed E-state index contributed by atoms with van der Waals surface area (Å²) in [4.78, 5) is 0. The topological polar surface area (TPSA) is 58.3 Å². The van der Waals surface area contributed by atoms with E-state index < -0.39 is 11.6 Å². The molecule has 2 rings (SSSR count). The zero-order valence-corrected chi connectivity index (χ0v) is 10.1. The van der Waals surface area contributed by atoms with Crippen molar-refractivity contribution in [3.05, 3.63) is 35.4 Å². The van der Waals surface area contributed by atoms with Gasteiger partial charge in [-0.05, 0) is 30.5 Å². The van der Waals surface area contributed by atoms with Gasteiger partial charge in [0.1, 0.15) is 0 Å². The van der Waals surface area contributed by atoms with Gasteiger partial charge in [-0.15, -0.1) is 0 Å². The molecule has 0 bridgehead atoms. The van der Waals surface area contributed by atoms with E-state index in [4.69, 9.17) is 10.8 Å². The molecule has 3 nitrogen and oxygen atoms in total. The summed E-state index contributed by atoms with van der Waals surface area (Å²) in [5.74, 6) is -1.68. The van der Waals surface area contributed by atoms with E-state index in [1.165, 1.54) is 6.07 Å². The lowest BCUT2D eigenvalue weighted by Crippen LogP contribution is -2.50. The second kappa shape index (κ2) is 5.73. The van der Waals surface area contributed by atoms with Gasteiger partial charge < -0.3 is 16.2 Å². The maximum Gasteiger partial charge on any atom is 0.159 e. The molecule has 5 heteroatoms. The molecule has 0 amide bonds. The lowest BCUT2D eigenvalue weighted by molar-refractivity contribution is 0.234. The molecule has 3 atom stereocenters. The minimum Gasteiger partial charge on any atom is -0.396 e. The Morgan fingerprint density at radius 1 is 1.33 bits per heavy atom.